The molecule has 1 heterocycles. The second kappa shape index (κ2) is 9.06. The van der Waals surface area contributed by atoms with Crippen molar-refractivity contribution < 1.29 is 18.8 Å². The monoisotopic (exact) mass is 445 g/mol. The van der Waals surface area contributed by atoms with Gasteiger partial charge in [0.05, 0.1) is 0 Å². The van der Waals surface area contributed by atoms with Crippen LogP contribution in [0.25, 0.3) is 0 Å². The zero-order valence-corrected chi connectivity index (χ0v) is 18.5. The van der Waals surface area contributed by atoms with Crippen LogP contribution < -0.4 is 5.32 Å². The molecule has 0 unspecified atom stereocenters. The van der Waals surface area contributed by atoms with E-state index in [2.05, 4.69) is 5.32 Å². The number of nitrogens with zero attached hydrogens (tertiary/aromatic N) is 2. The number of halogens is 2. The molecule has 8 heteroatoms. The number of carbonyl (C=O) groups is 3. The molecule has 1 saturated heterocycles. The molecule has 1 N–H and O–H groups in total. The smallest absolute Gasteiger partial charge is 0.313 e. The molecular weight excluding hydrogens is 421 g/mol. The SMILES string of the molecule is CC(C)(C)c1ccc(Cl)cc1NC(=O)C(=O)N1CCN(C(=O)c2ccc(F)cc2)CC1. The summed E-state index contributed by atoms with van der Waals surface area (Å²) in [6.07, 6.45) is 0. The molecule has 0 aromatic heterocycles. The number of carbonyl (C=O) groups excluding carboxylic acids is 3. The van der Waals surface area contributed by atoms with Crippen LogP contribution in [0, 0.1) is 5.82 Å². The van der Waals surface area contributed by atoms with E-state index in [1.54, 1.807) is 17.0 Å². The van der Waals surface area contributed by atoms with E-state index in [0.29, 0.717) is 29.4 Å². The van der Waals surface area contributed by atoms with Crippen LogP contribution in [0.15, 0.2) is 42.5 Å². The third-order valence-corrected chi connectivity index (χ3v) is 5.41. The number of benzene rings is 2. The Balaban J connectivity index is 1.62. The van der Waals surface area contributed by atoms with Crippen LogP contribution in [-0.2, 0) is 15.0 Å². The Morgan fingerprint density at radius 2 is 1.52 bits per heavy atom. The molecule has 0 saturated carbocycles. The van der Waals surface area contributed by atoms with Crippen LogP contribution in [0.1, 0.15) is 36.7 Å². The lowest BCUT2D eigenvalue weighted by Crippen LogP contribution is -2.53. The highest BCUT2D eigenvalue weighted by molar-refractivity contribution is 6.40. The molecule has 2 aromatic carbocycles. The van der Waals surface area contributed by atoms with Gasteiger partial charge < -0.3 is 15.1 Å². The predicted octanol–water partition coefficient (Wildman–Crippen LogP) is 3.70. The fraction of sp³-hybridized carbons (Fsp3) is 0.348. The summed E-state index contributed by atoms with van der Waals surface area (Å²) in [5, 5.41) is 3.15. The van der Waals surface area contributed by atoms with Crippen molar-refractivity contribution in [2.24, 2.45) is 0 Å². The van der Waals surface area contributed by atoms with Gasteiger partial charge in [-0.25, -0.2) is 4.39 Å². The lowest BCUT2D eigenvalue weighted by Gasteiger charge is -2.34. The Bertz CT molecular complexity index is 994. The van der Waals surface area contributed by atoms with Crippen molar-refractivity contribution in [1.82, 2.24) is 9.80 Å². The van der Waals surface area contributed by atoms with E-state index in [4.69, 9.17) is 11.6 Å². The maximum Gasteiger partial charge on any atom is 0.313 e. The van der Waals surface area contributed by atoms with E-state index in [-0.39, 0.29) is 24.4 Å². The van der Waals surface area contributed by atoms with Gasteiger partial charge in [0.15, 0.2) is 0 Å². The third kappa shape index (κ3) is 5.41. The van der Waals surface area contributed by atoms with E-state index < -0.39 is 17.6 Å². The Labute approximate surface area is 186 Å². The minimum absolute atomic E-state index is 0.231. The molecule has 0 radical (unpaired) electrons. The number of amides is 3. The van der Waals surface area contributed by atoms with Crippen molar-refractivity contribution >= 4 is 35.0 Å². The van der Waals surface area contributed by atoms with E-state index >= 15 is 0 Å². The number of anilines is 1. The summed E-state index contributed by atoms with van der Waals surface area (Å²) in [7, 11) is 0. The largest absolute Gasteiger partial charge is 0.335 e. The molecule has 31 heavy (non-hydrogen) atoms. The first-order chi connectivity index (χ1) is 14.6. The van der Waals surface area contributed by atoms with Gasteiger partial charge in [-0.1, -0.05) is 38.4 Å². The van der Waals surface area contributed by atoms with Gasteiger partial charge in [0.2, 0.25) is 0 Å². The first-order valence-corrected chi connectivity index (χ1v) is 10.4. The lowest BCUT2D eigenvalue weighted by atomic mass is 9.86. The van der Waals surface area contributed by atoms with Crippen molar-refractivity contribution in [3.63, 3.8) is 0 Å². The minimum Gasteiger partial charge on any atom is -0.335 e. The Hall–Kier alpha value is -2.93. The molecule has 1 aliphatic rings. The molecular formula is C23H25ClFN3O3. The Morgan fingerprint density at radius 3 is 2.10 bits per heavy atom. The van der Waals surface area contributed by atoms with E-state index in [9.17, 15) is 18.8 Å². The fourth-order valence-corrected chi connectivity index (χ4v) is 3.65. The summed E-state index contributed by atoms with van der Waals surface area (Å²) in [6, 6.07) is 10.5. The van der Waals surface area contributed by atoms with Gasteiger partial charge in [0.25, 0.3) is 5.91 Å². The van der Waals surface area contributed by atoms with Gasteiger partial charge in [-0.3, -0.25) is 14.4 Å². The second-order valence-corrected chi connectivity index (χ2v) is 8.92. The van der Waals surface area contributed by atoms with Crippen LogP contribution in [-0.4, -0.2) is 53.7 Å². The highest BCUT2D eigenvalue weighted by Crippen LogP contribution is 2.31. The standard InChI is InChI=1S/C23H25ClFN3O3/c1-23(2,3)18-9-6-16(24)14-19(18)26-20(29)22(31)28-12-10-27(11-13-28)21(30)15-4-7-17(25)8-5-15/h4-9,14H,10-13H2,1-3H3,(H,26,29). The maximum absolute atomic E-state index is 13.1. The van der Waals surface area contributed by atoms with Crippen LogP contribution in [0.3, 0.4) is 0 Å². The Kier molecular flexibility index (Phi) is 6.65. The van der Waals surface area contributed by atoms with Crippen LogP contribution in [0.2, 0.25) is 5.02 Å². The van der Waals surface area contributed by atoms with Crippen molar-refractivity contribution in [2.75, 3.05) is 31.5 Å². The molecule has 0 spiro atoms. The molecule has 1 aliphatic heterocycles. The molecule has 0 atom stereocenters. The minimum atomic E-state index is -0.744. The van der Waals surface area contributed by atoms with Crippen molar-refractivity contribution in [2.45, 2.75) is 26.2 Å². The topological polar surface area (TPSA) is 69.7 Å². The summed E-state index contributed by atoms with van der Waals surface area (Å²) in [6.45, 7) is 7.07. The van der Waals surface area contributed by atoms with Crippen molar-refractivity contribution in [1.29, 1.82) is 0 Å². The quantitative estimate of drug-likeness (QED) is 0.716. The molecule has 3 amide bonds. The number of hydrogen-bond donors (Lipinski definition) is 1. The number of nitrogens with one attached hydrogen (secondary N) is 1. The average molecular weight is 446 g/mol. The Morgan fingerprint density at radius 1 is 0.935 bits per heavy atom. The van der Waals surface area contributed by atoms with Crippen molar-refractivity contribution in [3.05, 3.63) is 64.4 Å². The number of rotatable bonds is 2. The molecule has 3 rings (SSSR count). The maximum atomic E-state index is 13.1. The van der Waals surface area contributed by atoms with Gasteiger partial charge in [-0.2, -0.15) is 0 Å². The van der Waals surface area contributed by atoms with E-state index in [0.717, 1.165) is 5.56 Å². The zero-order chi connectivity index (χ0) is 22.8. The van der Waals surface area contributed by atoms with E-state index in [1.165, 1.54) is 29.2 Å². The molecule has 2 aromatic rings. The first kappa shape index (κ1) is 22.7. The van der Waals surface area contributed by atoms with E-state index in [1.807, 2.05) is 26.8 Å². The fourth-order valence-electron chi connectivity index (χ4n) is 3.48. The highest BCUT2D eigenvalue weighted by Gasteiger charge is 2.29. The number of piperazine rings is 1. The van der Waals surface area contributed by atoms with Gasteiger partial charge in [-0.05, 0) is 47.4 Å². The van der Waals surface area contributed by atoms with Crippen LogP contribution in [0.4, 0.5) is 10.1 Å². The van der Waals surface area contributed by atoms with Crippen molar-refractivity contribution in [3.8, 4) is 0 Å². The highest BCUT2D eigenvalue weighted by atomic mass is 35.5. The summed E-state index contributed by atoms with van der Waals surface area (Å²) in [5.41, 5.74) is 1.51. The van der Waals surface area contributed by atoms with Gasteiger partial charge >= 0.3 is 11.8 Å². The zero-order valence-electron chi connectivity index (χ0n) is 17.7. The predicted molar refractivity (Wildman–Crippen MR) is 118 cm³/mol. The van der Waals surface area contributed by atoms with Gasteiger partial charge in [-0.15, -0.1) is 0 Å². The summed E-state index contributed by atoms with van der Waals surface area (Å²) in [5.74, 6) is -2.04. The van der Waals surface area contributed by atoms with Crippen LogP contribution in [0.5, 0.6) is 0 Å². The molecule has 1 fully saturated rings. The lowest BCUT2D eigenvalue weighted by molar-refractivity contribution is -0.144. The normalized spacial score (nSPS) is 14.4. The molecule has 164 valence electrons. The summed E-state index contributed by atoms with van der Waals surface area (Å²) in [4.78, 5) is 40.8. The summed E-state index contributed by atoms with van der Waals surface area (Å²) >= 11 is 6.08. The van der Waals surface area contributed by atoms with Gasteiger partial charge in [0, 0.05) is 42.5 Å². The molecule has 0 aliphatic carbocycles. The van der Waals surface area contributed by atoms with Gasteiger partial charge in [0.1, 0.15) is 5.82 Å². The third-order valence-electron chi connectivity index (χ3n) is 5.18. The summed E-state index contributed by atoms with van der Waals surface area (Å²) < 4.78 is 13.1. The average Bonchev–Trinajstić information content (AvgIpc) is 2.72. The van der Waals surface area contributed by atoms with Crippen LogP contribution >= 0.6 is 11.6 Å². The molecule has 6 nitrogen and oxygen atoms in total. The number of hydrogen-bond acceptors (Lipinski definition) is 3. The molecule has 0 bridgehead atoms. The second-order valence-electron chi connectivity index (χ2n) is 8.49. The first-order valence-electron chi connectivity index (χ1n) is 10.0.